The number of aliphatic carboxylic acids is 4. The Labute approximate surface area is 185 Å². The monoisotopic (exact) mass is 334 g/mol. The SMILES string of the molecule is O=C([O-])C(O)C(O)C(=O)[O-].O=C([O-])CCC(=O)O.[Na+].[Na+].[Na+]. The number of aliphatic hydroxyl groups excluding tert-OH is 2. The zero-order chi connectivity index (χ0) is 14.9. The fourth-order valence-electron chi connectivity index (χ4n) is 0.467. The van der Waals surface area contributed by atoms with Crippen molar-refractivity contribution >= 4 is 23.9 Å². The molecular formula is C8H9Na3O10. The molecule has 0 aromatic heterocycles. The minimum absolute atomic E-state index is 0. The van der Waals surface area contributed by atoms with E-state index in [0.29, 0.717) is 0 Å². The number of carboxylic acids is 4. The number of hydrogen-bond acceptors (Lipinski definition) is 9. The van der Waals surface area contributed by atoms with E-state index < -0.39 is 42.5 Å². The van der Waals surface area contributed by atoms with E-state index in [1.54, 1.807) is 0 Å². The topological polar surface area (TPSA) is 198 Å². The maximum absolute atomic E-state index is 9.63. The molecule has 104 valence electrons. The van der Waals surface area contributed by atoms with Gasteiger partial charge in [0.2, 0.25) is 0 Å². The van der Waals surface area contributed by atoms with Crippen LogP contribution in [0, 0.1) is 0 Å². The van der Waals surface area contributed by atoms with Crippen molar-refractivity contribution < 1.29 is 138 Å². The van der Waals surface area contributed by atoms with Crippen LogP contribution in [-0.4, -0.2) is 51.4 Å². The van der Waals surface area contributed by atoms with Gasteiger partial charge in [-0.2, -0.15) is 0 Å². The van der Waals surface area contributed by atoms with E-state index in [1.807, 2.05) is 0 Å². The minimum atomic E-state index is -2.44. The van der Waals surface area contributed by atoms with Crippen LogP contribution in [0.5, 0.6) is 0 Å². The Hall–Kier alpha value is 0.800. The fourth-order valence-corrected chi connectivity index (χ4v) is 0.467. The van der Waals surface area contributed by atoms with E-state index in [4.69, 9.17) is 15.3 Å². The number of carbonyl (C=O) groups is 4. The molecule has 21 heavy (non-hydrogen) atoms. The summed E-state index contributed by atoms with van der Waals surface area (Å²) in [6.07, 6.45) is -5.65. The Balaban J connectivity index is -0.0000000724. The molecule has 0 heterocycles. The van der Waals surface area contributed by atoms with Crippen molar-refractivity contribution in [2.24, 2.45) is 0 Å². The van der Waals surface area contributed by atoms with Crippen LogP contribution in [0.3, 0.4) is 0 Å². The predicted molar refractivity (Wildman–Crippen MR) is 43.9 cm³/mol. The van der Waals surface area contributed by atoms with E-state index >= 15 is 0 Å². The zero-order valence-electron chi connectivity index (χ0n) is 11.8. The molecule has 0 rings (SSSR count). The first-order valence-corrected chi connectivity index (χ1v) is 4.29. The van der Waals surface area contributed by atoms with Gasteiger partial charge in [-0.25, -0.2) is 0 Å². The maximum atomic E-state index is 9.63. The molecule has 2 atom stereocenters. The van der Waals surface area contributed by atoms with Gasteiger partial charge in [-0.1, -0.05) is 0 Å². The van der Waals surface area contributed by atoms with Crippen molar-refractivity contribution in [3.05, 3.63) is 0 Å². The summed E-state index contributed by atoms with van der Waals surface area (Å²) in [5.41, 5.74) is 0. The minimum Gasteiger partial charge on any atom is -0.550 e. The van der Waals surface area contributed by atoms with Gasteiger partial charge < -0.3 is 45.0 Å². The number of hydrogen-bond donors (Lipinski definition) is 3. The van der Waals surface area contributed by atoms with Gasteiger partial charge >= 0.3 is 94.6 Å². The van der Waals surface area contributed by atoms with Gasteiger partial charge in [-0.3, -0.25) is 4.79 Å². The molecule has 13 heteroatoms. The summed E-state index contributed by atoms with van der Waals surface area (Å²) in [4.78, 5) is 38.4. The normalized spacial score (nSPS) is 10.8. The van der Waals surface area contributed by atoms with Crippen molar-refractivity contribution in [2.45, 2.75) is 25.0 Å². The van der Waals surface area contributed by atoms with Crippen LogP contribution >= 0.6 is 0 Å². The molecule has 0 saturated carbocycles. The molecule has 0 aliphatic carbocycles. The molecule has 0 bridgehead atoms. The Bertz CT molecular complexity index is 302. The van der Waals surface area contributed by atoms with Gasteiger partial charge in [-0.05, 0) is 6.42 Å². The van der Waals surface area contributed by atoms with Crippen LogP contribution in [0.4, 0.5) is 0 Å². The second kappa shape index (κ2) is 18.8. The summed E-state index contributed by atoms with van der Waals surface area (Å²) in [5, 5.41) is 53.1. The number of carboxylic acid groups (broad SMARTS) is 4. The van der Waals surface area contributed by atoms with E-state index in [2.05, 4.69) is 0 Å². The van der Waals surface area contributed by atoms with Crippen molar-refractivity contribution in [3.8, 4) is 0 Å². The molecule has 0 spiro atoms. The van der Waals surface area contributed by atoms with E-state index in [0.717, 1.165) is 0 Å². The van der Waals surface area contributed by atoms with Gasteiger partial charge in [0.25, 0.3) is 0 Å². The Morgan fingerprint density at radius 2 is 1.05 bits per heavy atom. The molecule has 0 fully saturated rings. The van der Waals surface area contributed by atoms with E-state index in [9.17, 15) is 34.5 Å². The number of aliphatic hydroxyl groups is 2. The van der Waals surface area contributed by atoms with Crippen LogP contribution in [0.15, 0.2) is 0 Å². The van der Waals surface area contributed by atoms with Crippen molar-refractivity contribution in [1.82, 2.24) is 0 Å². The summed E-state index contributed by atoms with van der Waals surface area (Å²) in [6, 6.07) is 0. The van der Waals surface area contributed by atoms with E-state index in [1.165, 1.54) is 0 Å². The van der Waals surface area contributed by atoms with E-state index in [-0.39, 0.29) is 95.1 Å². The van der Waals surface area contributed by atoms with Gasteiger partial charge in [0.1, 0.15) is 12.2 Å². The molecule has 10 nitrogen and oxygen atoms in total. The summed E-state index contributed by atoms with van der Waals surface area (Å²) in [7, 11) is 0. The molecule has 0 radical (unpaired) electrons. The first kappa shape index (κ1) is 33.4. The maximum Gasteiger partial charge on any atom is 1.00 e. The second-order valence-corrected chi connectivity index (χ2v) is 2.79. The molecule has 0 aliphatic rings. The number of rotatable bonds is 6. The van der Waals surface area contributed by atoms with Crippen LogP contribution in [-0.2, 0) is 19.2 Å². The molecule has 0 aliphatic heterocycles. The van der Waals surface area contributed by atoms with Gasteiger partial charge in [0.15, 0.2) is 0 Å². The van der Waals surface area contributed by atoms with Gasteiger partial charge in [0, 0.05) is 5.97 Å². The third kappa shape index (κ3) is 23.2. The molecule has 0 aromatic rings. The third-order valence-electron chi connectivity index (χ3n) is 1.33. The summed E-state index contributed by atoms with van der Waals surface area (Å²) in [5.74, 6) is -6.56. The fraction of sp³-hybridized carbons (Fsp3) is 0.500. The Morgan fingerprint density at radius 3 is 1.14 bits per heavy atom. The van der Waals surface area contributed by atoms with Crippen LogP contribution < -0.4 is 104 Å². The molecular weight excluding hydrogens is 325 g/mol. The standard InChI is InChI=1S/C4H6O6.C4H6O4.3Na/c5-1(3(7)8)2(6)4(9)10;5-3(6)1-2-4(7)8;;;/h1-2,5-6H,(H,7,8)(H,9,10);1-2H2,(H,5,6)(H,7,8);;;/q;;3*+1/p-3. The van der Waals surface area contributed by atoms with Crippen molar-refractivity contribution in [3.63, 3.8) is 0 Å². The Morgan fingerprint density at radius 1 is 0.762 bits per heavy atom. The zero-order valence-corrected chi connectivity index (χ0v) is 17.8. The van der Waals surface area contributed by atoms with Crippen molar-refractivity contribution in [1.29, 1.82) is 0 Å². The first-order valence-electron chi connectivity index (χ1n) is 4.29. The van der Waals surface area contributed by atoms with Gasteiger partial charge in [0.05, 0.1) is 18.4 Å². The van der Waals surface area contributed by atoms with Crippen LogP contribution in [0.25, 0.3) is 0 Å². The summed E-state index contributed by atoms with van der Waals surface area (Å²) in [6.45, 7) is 0. The van der Waals surface area contributed by atoms with Crippen LogP contribution in [0.1, 0.15) is 12.8 Å². The molecule has 0 aromatic carbocycles. The molecule has 3 N–H and O–H groups in total. The third-order valence-corrected chi connectivity index (χ3v) is 1.33. The summed E-state index contributed by atoms with van der Waals surface area (Å²) >= 11 is 0. The van der Waals surface area contributed by atoms with Crippen LogP contribution in [0.2, 0.25) is 0 Å². The predicted octanol–water partition coefficient (Wildman–Crippen LogP) is -15.2. The molecule has 0 saturated heterocycles. The van der Waals surface area contributed by atoms with Gasteiger partial charge in [-0.15, -0.1) is 0 Å². The molecule has 2 unspecified atom stereocenters. The summed E-state index contributed by atoms with van der Waals surface area (Å²) < 4.78 is 0. The van der Waals surface area contributed by atoms with Crippen molar-refractivity contribution in [2.75, 3.05) is 0 Å². The largest absolute Gasteiger partial charge is 1.00 e. The smallest absolute Gasteiger partial charge is 0.550 e. The molecule has 0 amide bonds. The Kier molecular flexibility index (Phi) is 30.0. The average molecular weight is 334 g/mol. The average Bonchev–Trinajstić information content (AvgIpc) is 2.24. The number of carbonyl (C=O) groups excluding carboxylic acids is 3. The first-order chi connectivity index (χ1) is 8.09. The quantitative estimate of drug-likeness (QED) is 0.392. The second-order valence-electron chi connectivity index (χ2n) is 2.79.